The van der Waals surface area contributed by atoms with E-state index in [0.29, 0.717) is 18.4 Å². The van der Waals surface area contributed by atoms with E-state index >= 15 is 0 Å². The van der Waals surface area contributed by atoms with Crippen molar-refractivity contribution in [1.29, 1.82) is 0 Å². The van der Waals surface area contributed by atoms with Crippen molar-refractivity contribution in [3.05, 3.63) is 82.7 Å². The number of hydrogen-bond donors (Lipinski definition) is 1. The Kier molecular flexibility index (Phi) is 4.62. The molecule has 0 aliphatic heterocycles. The van der Waals surface area contributed by atoms with E-state index in [0.717, 1.165) is 45.7 Å². The van der Waals surface area contributed by atoms with Crippen LogP contribution in [0.4, 0.5) is 4.39 Å². The van der Waals surface area contributed by atoms with Gasteiger partial charge in [0, 0.05) is 47.9 Å². The Hall–Kier alpha value is -3.15. The minimum absolute atomic E-state index is 0.414. The maximum atomic E-state index is 14.5. The molecule has 0 radical (unpaired) electrons. The SMILES string of the molecule is Cc1cnc2[nH]cc(Cc3ccc(CCc4cnc(C)nc4)nc3F)c2c1. The lowest BCUT2D eigenvalue weighted by Crippen LogP contribution is -2.02. The molecule has 1 N–H and O–H groups in total. The third-order valence-electron chi connectivity index (χ3n) is 4.62. The number of nitrogens with one attached hydrogen (secondary N) is 1. The van der Waals surface area contributed by atoms with Crippen LogP contribution in [0.2, 0.25) is 0 Å². The molecule has 0 aliphatic rings. The molecule has 27 heavy (non-hydrogen) atoms. The number of pyridine rings is 2. The maximum Gasteiger partial charge on any atom is 0.216 e. The normalized spacial score (nSPS) is 11.2. The highest BCUT2D eigenvalue weighted by Crippen LogP contribution is 2.21. The van der Waals surface area contributed by atoms with Crippen LogP contribution in [-0.2, 0) is 19.3 Å². The summed E-state index contributed by atoms with van der Waals surface area (Å²) in [6, 6.07) is 5.79. The van der Waals surface area contributed by atoms with Crippen molar-refractivity contribution in [2.24, 2.45) is 0 Å². The molecule has 4 rings (SSSR count). The molecule has 4 aromatic rings. The van der Waals surface area contributed by atoms with Crippen LogP contribution in [0.3, 0.4) is 0 Å². The van der Waals surface area contributed by atoms with Crippen LogP contribution >= 0.6 is 0 Å². The maximum absolute atomic E-state index is 14.5. The largest absolute Gasteiger partial charge is 0.346 e. The third kappa shape index (κ3) is 3.84. The minimum atomic E-state index is -0.414. The highest BCUT2D eigenvalue weighted by Gasteiger charge is 2.11. The standard InChI is InChI=1S/C21H20FN5/c1-13-7-19-17(12-26-21(19)25-9-13)8-16-4-6-18(27-20(16)22)5-3-15-10-23-14(2)24-11-15/h4,6-7,9-12H,3,5,8H2,1-2H3,(H,25,26). The molecule has 0 fully saturated rings. The van der Waals surface area contributed by atoms with Crippen molar-refractivity contribution in [3.63, 3.8) is 0 Å². The molecule has 136 valence electrons. The molecule has 0 bridgehead atoms. The number of halogens is 1. The van der Waals surface area contributed by atoms with Gasteiger partial charge < -0.3 is 4.98 Å². The minimum Gasteiger partial charge on any atom is -0.346 e. The highest BCUT2D eigenvalue weighted by atomic mass is 19.1. The van der Waals surface area contributed by atoms with E-state index in [1.807, 2.05) is 38.4 Å². The zero-order chi connectivity index (χ0) is 18.8. The van der Waals surface area contributed by atoms with Crippen molar-refractivity contribution in [3.8, 4) is 0 Å². The third-order valence-corrected chi connectivity index (χ3v) is 4.62. The van der Waals surface area contributed by atoms with Crippen molar-refractivity contribution >= 4 is 11.0 Å². The molecule has 0 spiro atoms. The lowest BCUT2D eigenvalue weighted by Gasteiger charge is -2.06. The fraction of sp³-hybridized carbons (Fsp3) is 0.238. The number of rotatable bonds is 5. The van der Waals surface area contributed by atoms with Gasteiger partial charge in [-0.15, -0.1) is 0 Å². The van der Waals surface area contributed by atoms with Gasteiger partial charge in [0.2, 0.25) is 5.95 Å². The molecule has 6 heteroatoms. The summed E-state index contributed by atoms with van der Waals surface area (Å²) in [7, 11) is 0. The summed E-state index contributed by atoms with van der Waals surface area (Å²) >= 11 is 0. The van der Waals surface area contributed by atoms with Gasteiger partial charge in [-0.3, -0.25) is 0 Å². The molecule has 0 amide bonds. The zero-order valence-electron chi connectivity index (χ0n) is 15.3. The zero-order valence-corrected chi connectivity index (χ0v) is 15.3. The summed E-state index contributed by atoms with van der Waals surface area (Å²) in [6.07, 6.45) is 9.19. The molecule has 4 aromatic heterocycles. The van der Waals surface area contributed by atoms with Gasteiger partial charge in [-0.2, -0.15) is 4.39 Å². The van der Waals surface area contributed by atoms with Crippen molar-refractivity contribution in [2.75, 3.05) is 0 Å². The second kappa shape index (κ2) is 7.23. The molecular formula is C21H20FN5. The van der Waals surface area contributed by atoms with E-state index in [9.17, 15) is 4.39 Å². The first kappa shape index (κ1) is 17.3. The summed E-state index contributed by atoms with van der Waals surface area (Å²) in [5.74, 6) is 0.331. The van der Waals surface area contributed by atoms with Crippen molar-refractivity contribution in [1.82, 2.24) is 24.9 Å². The first-order valence-electron chi connectivity index (χ1n) is 8.93. The van der Waals surface area contributed by atoms with Gasteiger partial charge in [0.25, 0.3) is 0 Å². The fourth-order valence-electron chi connectivity index (χ4n) is 3.11. The molecular weight excluding hydrogens is 341 g/mol. The van der Waals surface area contributed by atoms with Gasteiger partial charge in [-0.25, -0.2) is 19.9 Å². The number of fused-ring (bicyclic) bond motifs is 1. The average Bonchev–Trinajstić information content (AvgIpc) is 3.05. The Morgan fingerprint density at radius 3 is 2.56 bits per heavy atom. The first-order valence-corrected chi connectivity index (χ1v) is 8.93. The number of hydrogen-bond acceptors (Lipinski definition) is 4. The summed E-state index contributed by atoms with van der Waals surface area (Å²) in [4.78, 5) is 20.0. The van der Waals surface area contributed by atoms with Crippen LogP contribution < -0.4 is 0 Å². The highest BCUT2D eigenvalue weighted by molar-refractivity contribution is 5.80. The van der Waals surface area contributed by atoms with Crippen LogP contribution in [-0.4, -0.2) is 24.9 Å². The molecule has 4 heterocycles. The van der Waals surface area contributed by atoms with Crippen LogP contribution in [0.5, 0.6) is 0 Å². The molecule has 5 nitrogen and oxygen atoms in total. The Morgan fingerprint density at radius 2 is 1.78 bits per heavy atom. The number of H-pyrrole nitrogens is 1. The van der Waals surface area contributed by atoms with Gasteiger partial charge in [0.15, 0.2) is 0 Å². The molecule has 0 saturated heterocycles. The van der Waals surface area contributed by atoms with E-state index in [1.165, 1.54) is 0 Å². The average molecular weight is 361 g/mol. The van der Waals surface area contributed by atoms with E-state index in [4.69, 9.17) is 0 Å². The van der Waals surface area contributed by atoms with E-state index in [1.54, 1.807) is 12.4 Å². The predicted molar refractivity (Wildman–Crippen MR) is 102 cm³/mol. The lowest BCUT2D eigenvalue weighted by atomic mass is 10.0. The summed E-state index contributed by atoms with van der Waals surface area (Å²) in [6.45, 7) is 3.85. The second-order valence-corrected chi connectivity index (χ2v) is 6.79. The van der Waals surface area contributed by atoms with Crippen LogP contribution in [0.15, 0.2) is 43.0 Å². The number of aromatic nitrogens is 5. The Balaban J connectivity index is 1.49. The van der Waals surface area contributed by atoms with E-state index < -0.39 is 5.95 Å². The Morgan fingerprint density at radius 1 is 0.963 bits per heavy atom. The topological polar surface area (TPSA) is 67.3 Å². The number of nitrogens with zero attached hydrogens (tertiary/aromatic N) is 4. The van der Waals surface area contributed by atoms with Gasteiger partial charge in [0.1, 0.15) is 11.5 Å². The van der Waals surface area contributed by atoms with E-state index in [-0.39, 0.29) is 0 Å². The molecule has 0 saturated carbocycles. The summed E-state index contributed by atoms with van der Waals surface area (Å²) < 4.78 is 14.5. The van der Waals surface area contributed by atoms with Gasteiger partial charge in [-0.05, 0) is 55.5 Å². The molecule has 0 aromatic carbocycles. The fourth-order valence-corrected chi connectivity index (χ4v) is 3.11. The second-order valence-electron chi connectivity index (χ2n) is 6.79. The van der Waals surface area contributed by atoms with E-state index in [2.05, 4.69) is 31.0 Å². The van der Waals surface area contributed by atoms with Gasteiger partial charge >= 0.3 is 0 Å². The molecule has 0 unspecified atom stereocenters. The van der Waals surface area contributed by atoms with Crippen LogP contribution in [0.1, 0.15) is 33.8 Å². The van der Waals surface area contributed by atoms with Crippen LogP contribution in [0.25, 0.3) is 11.0 Å². The van der Waals surface area contributed by atoms with Crippen LogP contribution in [0, 0.1) is 19.8 Å². The summed E-state index contributed by atoms with van der Waals surface area (Å²) in [5, 5.41) is 1.03. The lowest BCUT2D eigenvalue weighted by molar-refractivity contribution is 0.563. The predicted octanol–water partition coefficient (Wildman–Crippen LogP) is 3.88. The van der Waals surface area contributed by atoms with Crippen molar-refractivity contribution < 1.29 is 4.39 Å². The Bertz CT molecular complexity index is 1090. The first-order chi connectivity index (χ1) is 13.1. The number of aryl methyl sites for hydroxylation is 4. The smallest absolute Gasteiger partial charge is 0.216 e. The quantitative estimate of drug-likeness (QED) is 0.548. The summed E-state index contributed by atoms with van der Waals surface area (Å²) in [5.41, 5.74) is 5.26. The van der Waals surface area contributed by atoms with Crippen molar-refractivity contribution in [2.45, 2.75) is 33.1 Å². The van der Waals surface area contributed by atoms with Gasteiger partial charge in [-0.1, -0.05) is 6.07 Å². The number of aromatic amines is 1. The molecule has 0 aliphatic carbocycles. The monoisotopic (exact) mass is 361 g/mol. The molecule has 0 atom stereocenters. The Labute approximate surface area is 156 Å². The van der Waals surface area contributed by atoms with Gasteiger partial charge in [0.05, 0.1) is 0 Å².